The summed E-state index contributed by atoms with van der Waals surface area (Å²) in [5.74, 6) is -0.491. The second-order valence-corrected chi connectivity index (χ2v) is 4.77. The summed E-state index contributed by atoms with van der Waals surface area (Å²) in [4.78, 5) is 23.6. The molecule has 5 nitrogen and oxygen atoms in total. The van der Waals surface area contributed by atoms with Crippen LogP contribution in [0.2, 0.25) is 0 Å². The van der Waals surface area contributed by atoms with Gasteiger partial charge >= 0.3 is 12.0 Å². The Balaban J connectivity index is 2.01. The van der Waals surface area contributed by atoms with Crippen LogP contribution in [0, 0.1) is 6.92 Å². The van der Waals surface area contributed by atoms with E-state index in [1.165, 1.54) is 7.11 Å². The molecule has 0 heterocycles. The zero-order valence-electron chi connectivity index (χ0n) is 12.6. The highest BCUT2D eigenvalue weighted by Crippen LogP contribution is 2.16. The zero-order valence-corrected chi connectivity index (χ0v) is 12.6. The van der Waals surface area contributed by atoms with Gasteiger partial charge in [-0.3, -0.25) is 0 Å². The summed E-state index contributed by atoms with van der Waals surface area (Å²) in [6, 6.07) is 14.1. The molecule has 2 amide bonds. The molecule has 0 radical (unpaired) electrons. The number of aryl methyl sites for hydroxylation is 1. The first-order valence-electron chi connectivity index (χ1n) is 6.88. The lowest BCUT2D eigenvalue weighted by Crippen LogP contribution is -2.29. The van der Waals surface area contributed by atoms with Crippen LogP contribution in [0.25, 0.3) is 0 Å². The van der Waals surface area contributed by atoms with Crippen molar-refractivity contribution in [2.75, 3.05) is 12.4 Å². The van der Waals surface area contributed by atoms with Gasteiger partial charge in [-0.1, -0.05) is 36.4 Å². The van der Waals surface area contributed by atoms with Crippen molar-refractivity contribution in [3.8, 4) is 0 Å². The molecule has 0 fully saturated rings. The van der Waals surface area contributed by atoms with E-state index < -0.39 is 5.97 Å². The fourth-order valence-electron chi connectivity index (χ4n) is 2.03. The number of urea groups is 1. The minimum absolute atomic E-state index is 0.316. The summed E-state index contributed by atoms with van der Waals surface area (Å²) >= 11 is 0. The molecule has 0 atom stereocenters. The predicted octanol–water partition coefficient (Wildman–Crippen LogP) is 3.10. The van der Waals surface area contributed by atoms with Crippen molar-refractivity contribution in [2.24, 2.45) is 0 Å². The number of benzene rings is 2. The monoisotopic (exact) mass is 298 g/mol. The number of ether oxygens (including phenoxy) is 1. The summed E-state index contributed by atoms with van der Waals surface area (Å²) in [6.07, 6.45) is 0. The molecule has 0 saturated carbocycles. The molecule has 2 N–H and O–H groups in total. The molecule has 0 bridgehead atoms. The van der Waals surface area contributed by atoms with Gasteiger partial charge < -0.3 is 15.4 Å². The largest absolute Gasteiger partial charge is 0.465 e. The van der Waals surface area contributed by atoms with Gasteiger partial charge in [-0.25, -0.2) is 9.59 Å². The summed E-state index contributed by atoms with van der Waals surface area (Å²) in [5.41, 5.74) is 2.88. The molecule has 114 valence electrons. The average molecular weight is 298 g/mol. The molecule has 2 rings (SSSR count). The molecule has 2 aromatic rings. The van der Waals surface area contributed by atoms with Gasteiger partial charge in [-0.05, 0) is 30.2 Å². The highest BCUT2D eigenvalue weighted by molar-refractivity contribution is 6.00. The molecular formula is C17H18N2O3. The van der Waals surface area contributed by atoms with Crippen molar-refractivity contribution in [3.63, 3.8) is 0 Å². The van der Waals surface area contributed by atoms with Crippen molar-refractivity contribution in [1.29, 1.82) is 0 Å². The van der Waals surface area contributed by atoms with Gasteiger partial charge in [0.15, 0.2) is 0 Å². The first-order chi connectivity index (χ1) is 10.6. The maximum absolute atomic E-state index is 12.0. The third-order valence-corrected chi connectivity index (χ3v) is 3.28. The first-order valence-corrected chi connectivity index (χ1v) is 6.88. The SMILES string of the molecule is COC(=O)c1ccccc1NC(=O)NCc1ccccc1C. The molecule has 5 heteroatoms. The standard InChI is InChI=1S/C17H18N2O3/c1-12-7-3-4-8-13(12)11-18-17(21)19-15-10-6-5-9-14(15)16(20)22-2/h3-10H,11H2,1-2H3,(H2,18,19,21). The Morgan fingerprint density at radius 3 is 2.45 bits per heavy atom. The van der Waals surface area contributed by atoms with E-state index >= 15 is 0 Å². The maximum atomic E-state index is 12.0. The van der Waals surface area contributed by atoms with E-state index in [-0.39, 0.29) is 6.03 Å². The van der Waals surface area contributed by atoms with E-state index in [4.69, 9.17) is 4.74 Å². The summed E-state index contributed by atoms with van der Waals surface area (Å²) in [5, 5.41) is 5.43. The lowest BCUT2D eigenvalue weighted by atomic mass is 10.1. The van der Waals surface area contributed by atoms with Crippen LogP contribution in [0.3, 0.4) is 0 Å². The van der Waals surface area contributed by atoms with Gasteiger partial charge in [0.05, 0.1) is 18.4 Å². The number of anilines is 1. The highest BCUT2D eigenvalue weighted by Gasteiger charge is 2.13. The van der Waals surface area contributed by atoms with Crippen LogP contribution >= 0.6 is 0 Å². The lowest BCUT2D eigenvalue weighted by Gasteiger charge is -2.11. The Kier molecular flexibility index (Phi) is 5.14. The van der Waals surface area contributed by atoms with E-state index in [1.807, 2.05) is 31.2 Å². The van der Waals surface area contributed by atoms with E-state index in [9.17, 15) is 9.59 Å². The van der Waals surface area contributed by atoms with E-state index in [1.54, 1.807) is 24.3 Å². The van der Waals surface area contributed by atoms with Crippen LogP contribution in [-0.2, 0) is 11.3 Å². The van der Waals surface area contributed by atoms with E-state index in [0.29, 0.717) is 17.8 Å². The maximum Gasteiger partial charge on any atom is 0.339 e. The fraction of sp³-hybridized carbons (Fsp3) is 0.176. The van der Waals surface area contributed by atoms with Crippen LogP contribution in [0.4, 0.5) is 10.5 Å². The Morgan fingerprint density at radius 1 is 1.05 bits per heavy atom. The number of hydrogen-bond acceptors (Lipinski definition) is 3. The third kappa shape index (κ3) is 3.85. The quantitative estimate of drug-likeness (QED) is 0.852. The fourth-order valence-corrected chi connectivity index (χ4v) is 2.03. The number of hydrogen-bond donors (Lipinski definition) is 2. The number of amides is 2. The predicted molar refractivity (Wildman–Crippen MR) is 84.8 cm³/mol. The second kappa shape index (κ2) is 7.26. The summed E-state index contributed by atoms with van der Waals surface area (Å²) in [6.45, 7) is 2.40. The van der Waals surface area contributed by atoms with Crippen LogP contribution in [-0.4, -0.2) is 19.1 Å². The average Bonchev–Trinajstić information content (AvgIpc) is 2.54. The molecule has 0 aliphatic heterocycles. The second-order valence-electron chi connectivity index (χ2n) is 4.77. The van der Waals surface area contributed by atoms with Crippen LogP contribution < -0.4 is 10.6 Å². The molecule has 22 heavy (non-hydrogen) atoms. The van der Waals surface area contributed by atoms with Crippen molar-refractivity contribution < 1.29 is 14.3 Å². The number of methoxy groups -OCH3 is 1. The topological polar surface area (TPSA) is 67.4 Å². The van der Waals surface area contributed by atoms with Crippen molar-refractivity contribution in [3.05, 3.63) is 65.2 Å². The van der Waals surface area contributed by atoms with Crippen molar-refractivity contribution >= 4 is 17.7 Å². The molecule has 0 aliphatic carbocycles. The summed E-state index contributed by atoms with van der Waals surface area (Å²) in [7, 11) is 1.30. The van der Waals surface area contributed by atoms with Gasteiger partial charge in [0.2, 0.25) is 0 Å². The Bertz CT molecular complexity index is 683. The molecule has 0 spiro atoms. The number of esters is 1. The molecule has 0 aromatic heterocycles. The number of carbonyl (C=O) groups is 2. The molecule has 0 saturated heterocycles. The normalized spacial score (nSPS) is 9.91. The Hall–Kier alpha value is -2.82. The smallest absolute Gasteiger partial charge is 0.339 e. The van der Waals surface area contributed by atoms with Gasteiger partial charge in [0.1, 0.15) is 0 Å². The summed E-state index contributed by atoms with van der Waals surface area (Å²) < 4.78 is 4.69. The zero-order chi connectivity index (χ0) is 15.9. The molecule has 0 aliphatic rings. The van der Waals surface area contributed by atoms with Gasteiger partial charge in [0, 0.05) is 6.54 Å². The minimum Gasteiger partial charge on any atom is -0.465 e. The van der Waals surface area contributed by atoms with Gasteiger partial charge in [-0.15, -0.1) is 0 Å². The number of carbonyl (C=O) groups excluding carboxylic acids is 2. The van der Waals surface area contributed by atoms with Crippen LogP contribution in [0.5, 0.6) is 0 Å². The Morgan fingerprint density at radius 2 is 1.73 bits per heavy atom. The highest BCUT2D eigenvalue weighted by atomic mass is 16.5. The van der Waals surface area contributed by atoms with Gasteiger partial charge in [-0.2, -0.15) is 0 Å². The minimum atomic E-state index is -0.491. The number of nitrogens with one attached hydrogen (secondary N) is 2. The number of rotatable bonds is 4. The Labute approximate surface area is 129 Å². The molecular weight excluding hydrogens is 280 g/mol. The van der Waals surface area contributed by atoms with Crippen LogP contribution in [0.15, 0.2) is 48.5 Å². The third-order valence-electron chi connectivity index (χ3n) is 3.28. The molecule has 0 unspecified atom stereocenters. The van der Waals surface area contributed by atoms with Gasteiger partial charge in [0.25, 0.3) is 0 Å². The van der Waals surface area contributed by atoms with Crippen LogP contribution in [0.1, 0.15) is 21.5 Å². The lowest BCUT2D eigenvalue weighted by molar-refractivity contribution is 0.0602. The van der Waals surface area contributed by atoms with E-state index in [0.717, 1.165) is 11.1 Å². The number of para-hydroxylation sites is 1. The van der Waals surface area contributed by atoms with Crippen molar-refractivity contribution in [2.45, 2.75) is 13.5 Å². The van der Waals surface area contributed by atoms with Crippen molar-refractivity contribution in [1.82, 2.24) is 5.32 Å². The first kappa shape index (κ1) is 15.6. The van der Waals surface area contributed by atoms with E-state index in [2.05, 4.69) is 10.6 Å². The molecule has 2 aromatic carbocycles.